The molecule has 3 heterocycles. The molecule has 0 bridgehead atoms. The molecule has 3 fully saturated rings. The van der Waals surface area contributed by atoms with E-state index in [1.54, 1.807) is 12.1 Å². The van der Waals surface area contributed by atoms with Crippen LogP contribution in [0, 0.1) is 0 Å². The van der Waals surface area contributed by atoms with E-state index in [4.69, 9.17) is 42.6 Å². The Morgan fingerprint density at radius 3 is 2.15 bits per heavy atom. The molecule has 14 atom stereocenters. The number of hydrogen-bond donors (Lipinski definition) is 9. The molecule has 0 aromatic heterocycles. The number of phenolic OH excluding ortho intramolecular Hbond substituents is 2. The molecule has 5 rings (SSSR count). The lowest BCUT2D eigenvalue weighted by molar-refractivity contribution is -0.381. The van der Waals surface area contributed by atoms with E-state index in [1.165, 1.54) is 51.5 Å². The molecule has 0 amide bonds. The number of benzene rings is 2. The second-order valence-electron chi connectivity index (χ2n) is 13.2. The van der Waals surface area contributed by atoms with E-state index in [0.717, 1.165) is 6.08 Å². The number of hydrogen-bond acceptors (Lipinski definition) is 19. The third-order valence-electron chi connectivity index (χ3n) is 9.40. The van der Waals surface area contributed by atoms with Gasteiger partial charge in [-0.15, -0.1) is 0 Å². The summed E-state index contributed by atoms with van der Waals surface area (Å²) in [4.78, 5) is 13.2. The lowest BCUT2D eigenvalue weighted by atomic mass is 9.96. The Bertz CT molecular complexity index is 1590. The van der Waals surface area contributed by atoms with Crippen LogP contribution < -0.4 is 9.47 Å². The minimum absolute atomic E-state index is 0.0670. The Morgan fingerprint density at radius 2 is 1.45 bits per heavy atom. The molecule has 2 aromatic rings. The summed E-state index contributed by atoms with van der Waals surface area (Å²) in [5.74, 6) is -0.802. The van der Waals surface area contributed by atoms with Gasteiger partial charge in [0.2, 0.25) is 0 Å². The zero-order valence-electron chi connectivity index (χ0n) is 30.1. The normalized spacial score (nSPS) is 35.4. The van der Waals surface area contributed by atoms with Crippen molar-refractivity contribution in [2.75, 3.05) is 34.0 Å². The number of aliphatic hydroxyl groups is 7. The average Bonchev–Trinajstić information content (AvgIpc) is 3.17. The van der Waals surface area contributed by atoms with Crippen molar-refractivity contribution in [3.05, 3.63) is 53.6 Å². The standard InChI is InChI=1S/C36H48O19/c1-16-26(42)28(44)33(55-34-29(45)27(43)21(40)15-50-34)36(51-16)54-32-30(46)35(49-11-10-18-5-8-20(39)23(13-18)48-3)52-24(14-37)31(32)53-25(41)9-6-17-4-7-19(38)22(12-17)47-2/h4-9,12-13,16,21,24,26-40,42-46H,10-11,14-15H2,1-3H3/b9-6+/t16-,21+,24+,26-,27+,28+,29-,30+,31+,32+,33+,34-,35+,36-/m0/s1. The Morgan fingerprint density at radius 1 is 0.782 bits per heavy atom. The molecule has 0 unspecified atom stereocenters. The van der Waals surface area contributed by atoms with E-state index in [9.17, 15) is 50.8 Å². The van der Waals surface area contributed by atoms with Crippen LogP contribution in [0.5, 0.6) is 23.0 Å². The number of aromatic hydroxyl groups is 2. The van der Waals surface area contributed by atoms with Gasteiger partial charge in [0.25, 0.3) is 0 Å². The highest BCUT2D eigenvalue weighted by atomic mass is 16.8. The summed E-state index contributed by atoms with van der Waals surface area (Å²) >= 11 is 0. The first kappa shape index (κ1) is 42.5. The number of carbonyl (C=O) groups is 1. The summed E-state index contributed by atoms with van der Waals surface area (Å²) in [5.41, 5.74) is 1.14. The molecule has 0 spiro atoms. The van der Waals surface area contributed by atoms with Crippen molar-refractivity contribution in [1.29, 1.82) is 0 Å². The Labute approximate surface area is 315 Å². The molecular formula is C36H48O19. The van der Waals surface area contributed by atoms with Crippen molar-refractivity contribution in [3.63, 3.8) is 0 Å². The summed E-state index contributed by atoms with van der Waals surface area (Å²) < 4.78 is 50.8. The SMILES string of the molecule is COc1cc(/C=C/C(=O)O[C@H]2[C@H](O[C@@H]3O[C@@H](C)[C@H](O)[C@@H](O)[C@H]3O[C@@H]3OC[C@@H](O)[C@@H](O)[C@@H]3O)[C@@H](O)[C@H](OCCc3ccc(O)c(OC)c3)O[C@@H]2CO)ccc1O. The average molecular weight is 785 g/mol. The predicted molar refractivity (Wildman–Crippen MR) is 183 cm³/mol. The molecule has 3 saturated heterocycles. The number of carbonyl (C=O) groups excluding carboxylic acids is 1. The highest BCUT2D eigenvalue weighted by Crippen LogP contribution is 2.34. The second-order valence-corrected chi connectivity index (χ2v) is 13.2. The zero-order chi connectivity index (χ0) is 40.0. The van der Waals surface area contributed by atoms with E-state index in [1.807, 2.05) is 0 Å². The number of esters is 1. The lowest BCUT2D eigenvalue weighted by Gasteiger charge is -2.48. The van der Waals surface area contributed by atoms with Crippen LogP contribution in [-0.2, 0) is 44.4 Å². The van der Waals surface area contributed by atoms with Crippen molar-refractivity contribution in [3.8, 4) is 23.0 Å². The van der Waals surface area contributed by atoms with Crippen molar-refractivity contribution >= 4 is 12.0 Å². The van der Waals surface area contributed by atoms with Crippen LogP contribution in [0.1, 0.15) is 18.1 Å². The lowest BCUT2D eigenvalue weighted by Crippen LogP contribution is -2.66. The van der Waals surface area contributed by atoms with Gasteiger partial charge in [0.05, 0.1) is 40.1 Å². The first-order chi connectivity index (χ1) is 26.3. The molecule has 3 aliphatic heterocycles. The van der Waals surface area contributed by atoms with Crippen LogP contribution in [0.15, 0.2) is 42.5 Å². The predicted octanol–water partition coefficient (Wildman–Crippen LogP) is -1.95. The van der Waals surface area contributed by atoms with Crippen molar-refractivity contribution in [2.24, 2.45) is 0 Å². The van der Waals surface area contributed by atoms with Gasteiger partial charge in [-0.3, -0.25) is 0 Å². The van der Waals surface area contributed by atoms with Gasteiger partial charge in [0.15, 0.2) is 48.0 Å². The Balaban J connectivity index is 1.40. The minimum atomic E-state index is -1.80. The first-order valence-electron chi connectivity index (χ1n) is 17.4. The monoisotopic (exact) mass is 784 g/mol. The molecule has 306 valence electrons. The smallest absolute Gasteiger partial charge is 0.331 e. The van der Waals surface area contributed by atoms with Crippen molar-refractivity contribution in [2.45, 2.75) is 99.4 Å². The maximum atomic E-state index is 13.2. The molecule has 9 N–H and O–H groups in total. The van der Waals surface area contributed by atoms with Crippen LogP contribution in [0.4, 0.5) is 0 Å². The van der Waals surface area contributed by atoms with Crippen molar-refractivity contribution in [1.82, 2.24) is 0 Å². The van der Waals surface area contributed by atoms with Gasteiger partial charge in [0, 0.05) is 6.08 Å². The van der Waals surface area contributed by atoms with Crippen LogP contribution in [0.2, 0.25) is 0 Å². The van der Waals surface area contributed by atoms with E-state index < -0.39 is 105 Å². The number of methoxy groups -OCH3 is 2. The zero-order valence-corrected chi connectivity index (χ0v) is 30.1. The molecule has 0 aliphatic carbocycles. The van der Waals surface area contributed by atoms with Gasteiger partial charge in [0.1, 0.15) is 54.9 Å². The number of phenols is 2. The van der Waals surface area contributed by atoms with E-state index in [2.05, 4.69) is 0 Å². The molecule has 0 saturated carbocycles. The summed E-state index contributed by atoms with van der Waals surface area (Å²) in [6.07, 6.45) is -19.6. The van der Waals surface area contributed by atoms with Crippen LogP contribution in [-0.4, -0.2) is 172 Å². The fourth-order valence-corrected chi connectivity index (χ4v) is 6.25. The van der Waals surface area contributed by atoms with E-state index in [0.29, 0.717) is 11.1 Å². The topological polar surface area (TPSA) is 282 Å². The first-order valence-corrected chi connectivity index (χ1v) is 17.4. The molecule has 2 aromatic carbocycles. The van der Waals surface area contributed by atoms with Crippen LogP contribution >= 0.6 is 0 Å². The van der Waals surface area contributed by atoms with E-state index >= 15 is 0 Å². The summed E-state index contributed by atoms with van der Waals surface area (Å²) in [6, 6.07) is 8.97. The fourth-order valence-electron chi connectivity index (χ4n) is 6.25. The van der Waals surface area contributed by atoms with Gasteiger partial charge in [-0.1, -0.05) is 12.1 Å². The summed E-state index contributed by atoms with van der Waals surface area (Å²) in [7, 11) is 2.75. The van der Waals surface area contributed by atoms with Crippen molar-refractivity contribution < 1.29 is 93.4 Å². The number of rotatable bonds is 14. The second kappa shape index (κ2) is 19.0. The van der Waals surface area contributed by atoms with Gasteiger partial charge in [-0.2, -0.15) is 0 Å². The molecule has 19 nitrogen and oxygen atoms in total. The van der Waals surface area contributed by atoms with Crippen LogP contribution in [0.25, 0.3) is 6.08 Å². The largest absolute Gasteiger partial charge is 0.504 e. The number of aliphatic hydroxyl groups excluding tert-OH is 7. The third kappa shape index (κ3) is 10.0. The summed E-state index contributed by atoms with van der Waals surface area (Å²) in [5, 5.41) is 94.3. The molecule has 3 aliphatic rings. The molecule has 19 heteroatoms. The minimum Gasteiger partial charge on any atom is -0.504 e. The quantitative estimate of drug-likeness (QED) is 0.0744. The van der Waals surface area contributed by atoms with Gasteiger partial charge in [-0.05, 0) is 54.8 Å². The Kier molecular flexibility index (Phi) is 14.7. The van der Waals surface area contributed by atoms with Crippen LogP contribution in [0.3, 0.4) is 0 Å². The van der Waals surface area contributed by atoms with E-state index in [-0.39, 0.29) is 36.0 Å². The summed E-state index contributed by atoms with van der Waals surface area (Å²) in [6.45, 7) is 0.118. The molecule has 55 heavy (non-hydrogen) atoms. The maximum Gasteiger partial charge on any atom is 0.331 e. The fraction of sp³-hybridized carbons (Fsp3) is 0.583. The van der Waals surface area contributed by atoms with Gasteiger partial charge >= 0.3 is 5.97 Å². The maximum absolute atomic E-state index is 13.2. The van der Waals surface area contributed by atoms with Gasteiger partial charge < -0.3 is 88.6 Å². The highest BCUT2D eigenvalue weighted by Gasteiger charge is 2.54. The molecule has 0 radical (unpaired) electrons. The molecular weight excluding hydrogens is 736 g/mol. The van der Waals surface area contributed by atoms with Gasteiger partial charge in [-0.25, -0.2) is 4.79 Å². The Hall–Kier alpha value is -3.67. The third-order valence-corrected chi connectivity index (χ3v) is 9.40. The highest BCUT2D eigenvalue weighted by molar-refractivity contribution is 5.87. The number of ether oxygens (including phenoxy) is 9.